The summed E-state index contributed by atoms with van der Waals surface area (Å²) in [4.78, 5) is 17.1. The first-order chi connectivity index (χ1) is 10.8. The molecule has 1 N–H and O–H groups in total. The van der Waals surface area contributed by atoms with Gasteiger partial charge in [-0.15, -0.1) is 0 Å². The van der Waals surface area contributed by atoms with Gasteiger partial charge >= 0.3 is 0 Å². The van der Waals surface area contributed by atoms with Gasteiger partial charge in [0.05, 0.1) is 5.03 Å². The molecule has 1 heterocycles. The number of thioether (sulfide) groups is 1. The normalized spacial score (nSPS) is 16.4. The van der Waals surface area contributed by atoms with Gasteiger partial charge < -0.3 is 5.32 Å². The van der Waals surface area contributed by atoms with E-state index in [9.17, 15) is 4.79 Å². The Morgan fingerprint density at radius 2 is 1.82 bits per heavy atom. The molecule has 0 bridgehead atoms. The van der Waals surface area contributed by atoms with Crippen molar-refractivity contribution in [3.05, 3.63) is 60.3 Å². The lowest BCUT2D eigenvalue weighted by Gasteiger charge is -2.19. The van der Waals surface area contributed by atoms with Crippen LogP contribution in [0.5, 0.6) is 0 Å². The SMILES string of the molecule is O=C(NC1CCCC1)[C@H](Sc1ccccn1)c1ccccc1. The molecule has 0 spiro atoms. The van der Waals surface area contributed by atoms with Crippen LogP contribution in [0.4, 0.5) is 0 Å². The van der Waals surface area contributed by atoms with Gasteiger partial charge in [-0.1, -0.05) is 61.0 Å². The van der Waals surface area contributed by atoms with E-state index < -0.39 is 0 Å². The van der Waals surface area contributed by atoms with Crippen molar-refractivity contribution in [2.75, 3.05) is 0 Å². The van der Waals surface area contributed by atoms with Gasteiger partial charge in [-0.05, 0) is 30.5 Å². The molecule has 1 saturated carbocycles. The average molecular weight is 312 g/mol. The molecule has 1 aliphatic rings. The number of amides is 1. The quantitative estimate of drug-likeness (QED) is 0.849. The lowest BCUT2D eigenvalue weighted by atomic mass is 10.1. The third-order valence-electron chi connectivity index (χ3n) is 3.92. The molecule has 3 rings (SSSR count). The van der Waals surface area contributed by atoms with Crippen LogP contribution < -0.4 is 5.32 Å². The van der Waals surface area contributed by atoms with Crippen molar-refractivity contribution in [1.29, 1.82) is 0 Å². The standard InChI is InChI=1S/C18H20N2OS/c21-18(20-15-10-4-5-11-15)17(14-8-2-1-3-9-14)22-16-12-6-7-13-19-16/h1-3,6-9,12-13,15,17H,4-5,10-11H2,(H,20,21)/t17-/m1/s1. The van der Waals surface area contributed by atoms with Crippen LogP contribution in [0.15, 0.2) is 59.8 Å². The van der Waals surface area contributed by atoms with E-state index in [0.717, 1.165) is 23.4 Å². The first kappa shape index (κ1) is 15.1. The summed E-state index contributed by atoms with van der Waals surface area (Å²) in [6.07, 6.45) is 6.39. The molecule has 4 heteroatoms. The minimum atomic E-state index is -0.253. The second-order valence-electron chi connectivity index (χ2n) is 5.57. The highest BCUT2D eigenvalue weighted by Gasteiger charge is 2.26. The van der Waals surface area contributed by atoms with Crippen LogP contribution in [0, 0.1) is 0 Å². The van der Waals surface area contributed by atoms with Crippen molar-refractivity contribution in [1.82, 2.24) is 10.3 Å². The van der Waals surface area contributed by atoms with E-state index in [4.69, 9.17) is 0 Å². The van der Waals surface area contributed by atoms with Crippen molar-refractivity contribution in [2.45, 2.75) is 42.0 Å². The number of hydrogen-bond acceptors (Lipinski definition) is 3. The number of rotatable bonds is 5. The molecule has 1 atom stereocenters. The van der Waals surface area contributed by atoms with E-state index in [0.29, 0.717) is 6.04 Å². The lowest BCUT2D eigenvalue weighted by molar-refractivity contribution is -0.121. The number of pyridine rings is 1. The maximum Gasteiger partial charge on any atom is 0.238 e. The van der Waals surface area contributed by atoms with E-state index in [-0.39, 0.29) is 11.2 Å². The monoisotopic (exact) mass is 312 g/mol. The predicted octanol–water partition coefficient (Wildman–Crippen LogP) is 3.97. The molecule has 114 valence electrons. The number of nitrogens with one attached hydrogen (secondary N) is 1. The molecule has 2 aromatic rings. The van der Waals surface area contributed by atoms with Gasteiger partial charge in [0.15, 0.2) is 0 Å². The smallest absolute Gasteiger partial charge is 0.238 e. The van der Waals surface area contributed by atoms with Gasteiger partial charge in [-0.25, -0.2) is 4.98 Å². The first-order valence-electron chi connectivity index (χ1n) is 7.76. The fourth-order valence-corrected chi connectivity index (χ4v) is 3.77. The molecule has 0 aliphatic heterocycles. The lowest BCUT2D eigenvalue weighted by Crippen LogP contribution is -2.35. The first-order valence-corrected chi connectivity index (χ1v) is 8.64. The Morgan fingerprint density at radius 3 is 2.50 bits per heavy atom. The van der Waals surface area contributed by atoms with Gasteiger partial charge in [0, 0.05) is 12.2 Å². The van der Waals surface area contributed by atoms with Gasteiger partial charge in [-0.2, -0.15) is 0 Å². The molecule has 22 heavy (non-hydrogen) atoms. The molecule has 1 amide bonds. The van der Waals surface area contributed by atoms with Crippen LogP contribution >= 0.6 is 11.8 Å². The summed E-state index contributed by atoms with van der Waals surface area (Å²) in [7, 11) is 0. The Morgan fingerprint density at radius 1 is 1.09 bits per heavy atom. The summed E-state index contributed by atoms with van der Waals surface area (Å²) in [5, 5.41) is 3.83. The van der Waals surface area contributed by atoms with Crippen molar-refractivity contribution in [2.24, 2.45) is 0 Å². The zero-order chi connectivity index (χ0) is 15.2. The van der Waals surface area contributed by atoms with Gasteiger partial charge in [0.2, 0.25) is 5.91 Å². The molecular formula is C18H20N2OS. The van der Waals surface area contributed by atoms with Crippen LogP contribution in [0.2, 0.25) is 0 Å². The number of carbonyl (C=O) groups is 1. The molecule has 1 aliphatic carbocycles. The third-order valence-corrected chi connectivity index (χ3v) is 5.12. The highest BCUT2D eigenvalue weighted by molar-refractivity contribution is 8.00. The van der Waals surface area contributed by atoms with Crippen molar-refractivity contribution >= 4 is 17.7 Å². The molecule has 0 saturated heterocycles. The highest BCUT2D eigenvalue weighted by Crippen LogP contribution is 2.34. The maximum atomic E-state index is 12.7. The Hall–Kier alpha value is -1.81. The molecular weight excluding hydrogens is 292 g/mol. The molecule has 1 fully saturated rings. The predicted molar refractivity (Wildman–Crippen MR) is 89.7 cm³/mol. The summed E-state index contributed by atoms with van der Waals surface area (Å²) >= 11 is 1.51. The Kier molecular flexibility index (Phi) is 5.11. The molecule has 0 radical (unpaired) electrons. The van der Waals surface area contributed by atoms with Crippen molar-refractivity contribution in [3.63, 3.8) is 0 Å². The fourth-order valence-electron chi connectivity index (χ4n) is 2.79. The summed E-state index contributed by atoms with van der Waals surface area (Å²) < 4.78 is 0. The second kappa shape index (κ2) is 7.45. The Labute approximate surface area is 135 Å². The number of hydrogen-bond donors (Lipinski definition) is 1. The number of nitrogens with zero attached hydrogens (tertiary/aromatic N) is 1. The Bertz CT molecular complexity index is 597. The zero-order valence-corrected chi connectivity index (χ0v) is 13.3. The fraction of sp³-hybridized carbons (Fsp3) is 0.333. The summed E-state index contributed by atoms with van der Waals surface area (Å²) in [5.41, 5.74) is 1.02. The molecule has 0 unspecified atom stereocenters. The van der Waals surface area contributed by atoms with Crippen molar-refractivity contribution < 1.29 is 4.79 Å². The number of aromatic nitrogens is 1. The Balaban J connectivity index is 1.77. The highest BCUT2D eigenvalue weighted by atomic mass is 32.2. The number of benzene rings is 1. The zero-order valence-electron chi connectivity index (χ0n) is 12.4. The van der Waals surface area contributed by atoms with Gasteiger partial charge in [0.1, 0.15) is 5.25 Å². The number of carbonyl (C=O) groups excluding carboxylic acids is 1. The van der Waals surface area contributed by atoms with Crippen LogP contribution in [-0.4, -0.2) is 16.9 Å². The van der Waals surface area contributed by atoms with Crippen LogP contribution in [-0.2, 0) is 4.79 Å². The largest absolute Gasteiger partial charge is 0.352 e. The van der Waals surface area contributed by atoms with Gasteiger partial charge in [-0.3, -0.25) is 4.79 Å². The van der Waals surface area contributed by atoms with E-state index in [1.807, 2.05) is 48.5 Å². The minimum absolute atomic E-state index is 0.0914. The van der Waals surface area contributed by atoms with Crippen LogP contribution in [0.25, 0.3) is 0 Å². The second-order valence-corrected chi connectivity index (χ2v) is 6.69. The third kappa shape index (κ3) is 3.89. The molecule has 1 aromatic heterocycles. The van der Waals surface area contributed by atoms with Crippen LogP contribution in [0.3, 0.4) is 0 Å². The van der Waals surface area contributed by atoms with E-state index in [1.54, 1.807) is 6.20 Å². The van der Waals surface area contributed by atoms with E-state index in [2.05, 4.69) is 10.3 Å². The molecule has 1 aromatic carbocycles. The van der Waals surface area contributed by atoms with E-state index in [1.165, 1.54) is 24.6 Å². The summed E-state index contributed by atoms with van der Waals surface area (Å²) in [6, 6.07) is 16.1. The summed E-state index contributed by atoms with van der Waals surface area (Å²) in [5.74, 6) is 0.0914. The molecule has 3 nitrogen and oxygen atoms in total. The van der Waals surface area contributed by atoms with E-state index >= 15 is 0 Å². The van der Waals surface area contributed by atoms with Gasteiger partial charge in [0.25, 0.3) is 0 Å². The van der Waals surface area contributed by atoms with Crippen LogP contribution in [0.1, 0.15) is 36.5 Å². The minimum Gasteiger partial charge on any atom is -0.352 e. The topological polar surface area (TPSA) is 42.0 Å². The summed E-state index contributed by atoms with van der Waals surface area (Å²) in [6.45, 7) is 0. The van der Waals surface area contributed by atoms with Crippen molar-refractivity contribution in [3.8, 4) is 0 Å². The average Bonchev–Trinajstić information content (AvgIpc) is 3.07. The maximum absolute atomic E-state index is 12.7.